The van der Waals surface area contributed by atoms with Crippen molar-refractivity contribution in [3.63, 3.8) is 0 Å². The van der Waals surface area contributed by atoms with Crippen LogP contribution in [0.3, 0.4) is 0 Å². The first-order chi connectivity index (χ1) is 12.0. The predicted molar refractivity (Wildman–Crippen MR) is 101 cm³/mol. The second-order valence-corrected chi connectivity index (χ2v) is 6.80. The van der Waals surface area contributed by atoms with Crippen molar-refractivity contribution in [3.05, 3.63) is 62.5 Å². The summed E-state index contributed by atoms with van der Waals surface area (Å²) in [6.45, 7) is 0.315. The van der Waals surface area contributed by atoms with E-state index < -0.39 is 0 Å². The van der Waals surface area contributed by atoms with E-state index in [0.29, 0.717) is 34.4 Å². The molecule has 2 N–H and O–H groups in total. The van der Waals surface area contributed by atoms with Crippen LogP contribution < -0.4 is 15.6 Å². The van der Waals surface area contributed by atoms with Crippen LogP contribution >= 0.6 is 39.1 Å². The van der Waals surface area contributed by atoms with Crippen LogP contribution in [-0.2, 0) is 4.79 Å². The van der Waals surface area contributed by atoms with E-state index in [1.54, 1.807) is 42.5 Å². The molecule has 0 aromatic heterocycles. The summed E-state index contributed by atoms with van der Waals surface area (Å²) < 4.78 is 6.36. The minimum Gasteiger partial charge on any atom is -0.492 e. The number of hydrogen-bond acceptors (Lipinski definition) is 3. The number of amides is 2. The lowest BCUT2D eigenvalue weighted by atomic mass is 10.2. The number of hydrazine groups is 1. The van der Waals surface area contributed by atoms with Crippen molar-refractivity contribution in [1.82, 2.24) is 10.9 Å². The smallest absolute Gasteiger partial charge is 0.269 e. The summed E-state index contributed by atoms with van der Waals surface area (Å²) in [5.74, 6) is -0.184. The Kier molecular flexibility index (Phi) is 7.55. The molecule has 5 nitrogen and oxygen atoms in total. The summed E-state index contributed by atoms with van der Waals surface area (Å²) in [4.78, 5) is 23.6. The Morgan fingerprint density at radius 3 is 2.44 bits per heavy atom. The van der Waals surface area contributed by atoms with Crippen molar-refractivity contribution in [1.29, 1.82) is 0 Å². The molecule has 132 valence electrons. The van der Waals surface area contributed by atoms with Crippen molar-refractivity contribution in [2.24, 2.45) is 0 Å². The fourth-order valence-corrected chi connectivity index (χ4v) is 2.60. The van der Waals surface area contributed by atoms with Gasteiger partial charge in [0.1, 0.15) is 5.75 Å². The number of ether oxygens (including phenoxy) is 1. The lowest BCUT2D eigenvalue weighted by molar-refractivity contribution is -0.122. The molecule has 0 aliphatic carbocycles. The third-order valence-electron chi connectivity index (χ3n) is 3.12. The van der Waals surface area contributed by atoms with Crippen molar-refractivity contribution in [3.8, 4) is 5.75 Å². The van der Waals surface area contributed by atoms with Gasteiger partial charge in [0.25, 0.3) is 5.91 Å². The molecule has 2 aromatic carbocycles. The molecule has 0 fully saturated rings. The van der Waals surface area contributed by atoms with Gasteiger partial charge in [-0.1, -0.05) is 39.1 Å². The predicted octanol–water partition coefficient (Wildman–Crippen LogP) is 4.38. The highest BCUT2D eigenvalue weighted by atomic mass is 79.9. The monoisotopic (exact) mass is 444 g/mol. The van der Waals surface area contributed by atoms with Gasteiger partial charge in [0.05, 0.1) is 11.6 Å². The first-order valence-corrected chi connectivity index (χ1v) is 8.93. The molecule has 0 spiro atoms. The fraction of sp³-hybridized carbons (Fsp3) is 0.176. The molecule has 2 aromatic rings. The Hall–Kier alpha value is -1.76. The molecule has 0 unspecified atom stereocenters. The van der Waals surface area contributed by atoms with Crippen LogP contribution in [0.15, 0.2) is 46.9 Å². The third kappa shape index (κ3) is 6.57. The molecule has 0 atom stereocenters. The van der Waals surface area contributed by atoms with Crippen LogP contribution in [0, 0.1) is 0 Å². The Morgan fingerprint density at radius 1 is 1.04 bits per heavy atom. The highest BCUT2D eigenvalue weighted by Gasteiger charge is 2.08. The van der Waals surface area contributed by atoms with Gasteiger partial charge in [-0.25, -0.2) is 0 Å². The van der Waals surface area contributed by atoms with Crippen LogP contribution in [0.25, 0.3) is 0 Å². The third-order valence-corrected chi connectivity index (χ3v) is 4.18. The molecule has 0 radical (unpaired) electrons. The molecule has 2 rings (SSSR count). The largest absolute Gasteiger partial charge is 0.492 e. The summed E-state index contributed by atoms with van der Waals surface area (Å²) in [5, 5.41) is 0.942. The number of benzene rings is 2. The van der Waals surface area contributed by atoms with Gasteiger partial charge in [0, 0.05) is 21.5 Å². The second-order valence-electron chi connectivity index (χ2n) is 5.04. The molecule has 0 aliphatic heterocycles. The standard InChI is InChI=1S/C17H15BrCl2N2O3/c18-12-5-3-11(4-6-12)17(24)22-21-16(23)2-1-9-25-15-8-7-13(19)10-14(15)20/h3-8,10H,1-2,9H2,(H,21,23)(H,22,24). The van der Waals surface area contributed by atoms with E-state index in [1.807, 2.05) is 0 Å². The quantitative estimate of drug-likeness (QED) is 0.512. The van der Waals surface area contributed by atoms with Crippen LogP contribution in [0.5, 0.6) is 5.75 Å². The number of hydrogen-bond donors (Lipinski definition) is 2. The molecule has 8 heteroatoms. The molecular formula is C17H15BrCl2N2O3. The number of rotatable bonds is 6. The van der Waals surface area contributed by atoms with E-state index in [-0.39, 0.29) is 18.2 Å². The van der Waals surface area contributed by atoms with E-state index >= 15 is 0 Å². The molecule has 25 heavy (non-hydrogen) atoms. The van der Waals surface area contributed by atoms with Gasteiger partial charge in [-0.2, -0.15) is 0 Å². The summed E-state index contributed by atoms with van der Waals surface area (Å²) in [6.07, 6.45) is 0.671. The fourth-order valence-electron chi connectivity index (χ4n) is 1.87. The van der Waals surface area contributed by atoms with Gasteiger partial charge in [-0.05, 0) is 48.9 Å². The first-order valence-electron chi connectivity index (χ1n) is 7.38. The molecule has 0 bridgehead atoms. The summed E-state index contributed by atoms with van der Waals surface area (Å²) in [6, 6.07) is 11.7. The summed E-state index contributed by atoms with van der Waals surface area (Å²) in [5.41, 5.74) is 5.17. The maximum atomic E-state index is 11.8. The van der Waals surface area contributed by atoms with Crippen LogP contribution in [0.1, 0.15) is 23.2 Å². The lowest BCUT2D eigenvalue weighted by Gasteiger charge is -2.09. The average Bonchev–Trinajstić information content (AvgIpc) is 2.58. The summed E-state index contributed by atoms with van der Waals surface area (Å²) >= 11 is 15.1. The lowest BCUT2D eigenvalue weighted by Crippen LogP contribution is -2.41. The molecule has 0 heterocycles. The van der Waals surface area contributed by atoms with E-state index in [9.17, 15) is 9.59 Å². The van der Waals surface area contributed by atoms with Crippen molar-refractivity contribution in [2.45, 2.75) is 12.8 Å². The molecular weight excluding hydrogens is 431 g/mol. The second kappa shape index (κ2) is 9.65. The number of halogens is 3. The SMILES string of the molecule is O=C(CCCOc1ccc(Cl)cc1Cl)NNC(=O)c1ccc(Br)cc1. The zero-order valence-corrected chi connectivity index (χ0v) is 16.1. The van der Waals surface area contributed by atoms with E-state index in [0.717, 1.165) is 4.47 Å². The Bertz CT molecular complexity index is 754. The Labute approximate surface area is 163 Å². The maximum Gasteiger partial charge on any atom is 0.269 e. The molecule has 0 saturated heterocycles. The molecule has 0 aliphatic rings. The van der Waals surface area contributed by atoms with Crippen LogP contribution in [0.4, 0.5) is 0 Å². The highest BCUT2D eigenvalue weighted by molar-refractivity contribution is 9.10. The molecule has 0 saturated carbocycles. The van der Waals surface area contributed by atoms with Crippen molar-refractivity contribution in [2.75, 3.05) is 6.61 Å². The van der Waals surface area contributed by atoms with Gasteiger partial charge in [-0.15, -0.1) is 0 Å². The highest BCUT2D eigenvalue weighted by Crippen LogP contribution is 2.27. The normalized spacial score (nSPS) is 10.2. The van der Waals surface area contributed by atoms with Crippen LogP contribution in [0.2, 0.25) is 10.0 Å². The van der Waals surface area contributed by atoms with E-state index in [2.05, 4.69) is 26.8 Å². The van der Waals surface area contributed by atoms with E-state index in [4.69, 9.17) is 27.9 Å². The Morgan fingerprint density at radius 2 is 1.76 bits per heavy atom. The zero-order chi connectivity index (χ0) is 18.2. The Balaban J connectivity index is 1.67. The van der Waals surface area contributed by atoms with Crippen molar-refractivity contribution >= 4 is 50.9 Å². The van der Waals surface area contributed by atoms with Gasteiger partial charge in [0.2, 0.25) is 5.91 Å². The minimum absolute atomic E-state index is 0.200. The minimum atomic E-state index is -0.384. The summed E-state index contributed by atoms with van der Waals surface area (Å²) in [7, 11) is 0. The van der Waals surface area contributed by atoms with Gasteiger partial charge < -0.3 is 4.74 Å². The maximum absolute atomic E-state index is 11.8. The average molecular weight is 446 g/mol. The first kappa shape index (κ1) is 19.6. The number of nitrogens with one attached hydrogen (secondary N) is 2. The number of carbonyl (C=O) groups excluding carboxylic acids is 2. The zero-order valence-electron chi connectivity index (χ0n) is 13.0. The van der Waals surface area contributed by atoms with Crippen molar-refractivity contribution < 1.29 is 14.3 Å². The van der Waals surface area contributed by atoms with Crippen LogP contribution in [-0.4, -0.2) is 18.4 Å². The topological polar surface area (TPSA) is 67.4 Å². The molecule has 2 amide bonds. The van der Waals surface area contributed by atoms with Gasteiger partial charge in [-0.3, -0.25) is 20.4 Å². The van der Waals surface area contributed by atoms with Gasteiger partial charge >= 0.3 is 0 Å². The number of carbonyl (C=O) groups is 2. The van der Waals surface area contributed by atoms with Gasteiger partial charge in [0.15, 0.2) is 0 Å². The van der Waals surface area contributed by atoms with E-state index in [1.165, 1.54) is 0 Å².